The smallest absolute Gasteiger partial charge is 0.416 e. The van der Waals surface area contributed by atoms with E-state index in [1.54, 1.807) is 12.1 Å². The van der Waals surface area contributed by atoms with Crippen molar-refractivity contribution >= 4 is 12.4 Å². The van der Waals surface area contributed by atoms with Crippen LogP contribution >= 0.6 is 0 Å². The first-order valence-corrected chi connectivity index (χ1v) is 8.16. The molecular weight excluding hydrogens is 357 g/mol. The van der Waals surface area contributed by atoms with E-state index in [-0.39, 0.29) is 17.1 Å². The molecule has 4 rings (SSSR count). The number of carbonyl (C=O) groups is 1. The number of rotatable bonds is 3. The quantitative estimate of drug-likeness (QED) is 0.537. The van der Waals surface area contributed by atoms with Crippen molar-refractivity contribution < 1.29 is 27.1 Å². The van der Waals surface area contributed by atoms with Crippen molar-refractivity contribution in [3.63, 3.8) is 0 Å². The van der Waals surface area contributed by atoms with E-state index in [0.717, 1.165) is 17.7 Å². The maximum atomic E-state index is 13.2. The van der Waals surface area contributed by atoms with Crippen LogP contribution in [0.5, 0.6) is 5.75 Å². The molecule has 0 fully saturated rings. The van der Waals surface area contributed by atoms with E-state index in [2.05, 4.69) is 0 Å². The fourth-order valence-electron chi connectivity index (χ4n) is 3.01. The lowest BCUT2D eigenvalue weighted by Gasteiger charge is -2.24. The van der Waals surface area contributed by atoms with E-state index in [1.807, 2.05) is 24.3 Å². The van der Waals surface area contributed by atoms with Gasteiger partial charge in [-0.1, -0.05) is 30.3 Å². The van der Waals surface area contributed by atoms with Crippen LogP contribution in [0.25, 0.3) is 17.4 Å². The monoisotopic (exact) mass is 370 g/mol. The third-order valence-corrected chi connectivity index (χ3v) is 4.32. The van der Waals surface area contributed by atoms with Crippen molar-refractivity contribution in [2.45, 2.75) is 12.3 Å². The molecule has 136 valence electrons. The van der Waals surface area contributed by atoms with Crippen molar-refractivity contribution in [1.82, 2.24) is 0 Å². The zero-order valence-electron chi connectivity index (χ0n) is 13.9. The second-order valence-corrected chi connectivity index (χ2v) is 6.06. The van der Waals surface area contributed by atoms with Gasteiger partial charge in [-0.3, -0.25) is 4.79 Å². The van der Waals surface area contributed by atoms with Crippen molar-refractivity contribution in [3.05, 3.63) is 83.1 Å². The predicted octanol–water partition coefficient (Wildman–Crippen LogP) is 5.92. The van der Waals surface area contributed by atoms with Crippen LogP contribution in [0, 0.1) is 0 Å². The number of hydrogen-bond acceptors (Lipinski definition) is 3. The molecule has 0 N–H and O–H groups in total. The summed E-state index contributed by atoms with van der Waals surface area (Å²) in [4.78, 5) is 10.9. The molecule has 0 saturated carbocycles. The number of benzene rings is 2. The topological polar surface area (TPSA) is 39.4 Å². The Morgan fingerprint density at radius 1 is 1.00 bits per heavy atom. The Kier molecular flexibility index (Phi) is 4.11. The Labute approximate surface area is 152 Å². The average molecular weight is 370 g/mol. The fraction of sp³-hybridized carbons (Fsp3) is 0.0952. The van der Waals surface area contributed by atoms with Crippen LogP contribution < -0.4 is 4.74 Å². The molecule has 6 heteroatoms. The Bertz CT molecular complexity index is 1030. The first-order valence-electron chi connectivity index (χ1n) is 8.16. The van der Waals surface area contributed by atoms with Gasteiger partial charge < -0.3 is 9.15 Å². The average Bonchev–Trinajstić information content (AvgIpc) is 3.15. The molecule has 2 aromatic carbocycles. The molecule has 0 bridgehead atoms. The molecule has 0 saturated heterocycles. The first-order chi connectivity index (χ1) is 13.0. The largest absolute Gasteiger partial charge is 0.481 e. The summed E-state index contributed by atoms with van der Waals surface area (Å²) in [5.74, 6) is 0.858. The number of ether oxygens (including phenoxy) is 1. The molecule has 3 nitrogen and oxygen atoms in total. The second kappa shape index (κ2) is 6.46. The van der Waals surface area contributed by atoms with Gasteiger partial charge in [-0.05, 0) is 36.4 Å². The second-order valence-electron chi connectivity index (χ2n) is 6.06. The number of fused-ring (bicyclic) bond motifs is 1. The lowest BCUT2D eigenvalue weighted by atomic mass is 9.95. The van der Waals surface area contributed by atoms with Crippen LogP contribution in [0.1, 0.15) is 33.3 Å². The van der Waals surface area contributed by atoms with E-state index in [0.29, 0.717) is 17.6 Å². The fourth-order valence-corrected chi connectivity index (χ4v) is 3.01. The molecule has 1 aliphatic rings. The molecule has 1 aromatic heterocycles. The van der Waals surface area contributed by atoms with E-state index in [1.165, 1.54) is 18.2 Å². The molecule has 27 heavy (non-hydrogen) atoms. The van der Waals surface area contributed by atoms with Gasteiger partial charge in [-0.2, -0.15) is 13.2 Å². The van der Waals surface area contributed by atoms with Gasteiger partial charge in [-0.25, -0.2) is 0 Å². The number of furan rings is 1. The van der Waals surface area contributed by atoms with Gasteiger partial charge in [0.05, 0.1) is 5.56 Å². The SMILES string of the molecule is O=Cc1ccc(-c2cc(C(F)(F)F)ccc2[C@@H]2C=Cc3ccccc3O2)o1. The zero-order chi connectivity index (χ0) is 19.0. The Balaban J connectivity index is 1.82. The van der Waals surface area contributed by atoms with Crippen LogP contribution in [0.15, 0.2) is 65.1 Å². The summed E-state index contributed by atoms with van der Waals surface area (Å²) in [6.45, 7) is 0. The summed E-state index contributed by atoms with van der Waals surface area (Å²) >= 11 is 0. The van der Waals surface area contributed by atoms with Crippen LogP contribution in [0.4, 0.5) is 13.2 Å². The maximum Gasteiger partial charge on any atom is 0.416 e. The molecule has 0 amide bonds. The highest BCUT2D eigenvalue weighted by atomic mass is 19.4. The Morgan fingerprint density at radius 3 is 2.56 bits per heavy atom. The summed E-state index contributed by atoms with van der Waals surface area (Å²) < 4.78 is 50.9. The van der Waals surface area contributed by atoms with Crippen LogP contribution in [-0.2, 0) is 6.18 Å². The normalized spacial score (nSPS) is 15.9. The number of hydrogen-bond donors (Lipinski definition) is 0. The molecule has 3 aromatic rings. The van der Waals surface area contributed by atoms with Crippen LogP contribution in [0.3, 0.4) is 0 Å². The summed E-state index contributed by atoms with van der Waals surface area (Å²) in [7, 11) is 0. The molecule has 0 spiro atoms. The van der Waals surface area contributed by atoms with Crippen molar-refractivity contribution in [2.24, 2.45) is 0 Å². The van der Waals surface area contributed by atoms with Crippen LogP contribution in [0.2, 0.25) is 0 Å². The van der Waals surface area contributed by atoms with Gasteiger partial charge in [0.15, 0.2) is 12.0 Å². The zero-order valence-corrected chi connectivity index (χ0v) is 13.9. The third kappa shape index (κ3) is 3.26. The Hall–Kier alpha value is -3.28. The summed E-state index contributed by atoms with van der Waals surface area (Å²) in [6.07, 6.45) is -0.933. The highest BCUT2D eigenvalue weighted by molar-refractivity contribution is 5.74. The van der Waals surface area contributed by atoms with Crippen molar-refractivity contribution in [2.75, 3.05) is 0 Å². The Morgan fingerprint density at radius 2 is 1.81 bits per heavy atom. The van der Waals surface area contributed by atoms with Crippen molar-refractivity contribution in [1.29, 1.82) is 0 Å². The minimum atomic E-state index is -4.50. The van der Waals surface area contributed by atoms with E-state index in [4.69, 9.17) is 9.15 Å². The molecular formula is C21H13F3O3. The molecule has 1 aliphatic heterocycles. The standard InChI is InChI=1S/C21H13F3O3/c22-21(23,24)14-6-8-16(17(11-14)20-10-7-15(12-25)26-20)19-9-5-13-3-1-2-4-18(13)27-19/h1-12,19H/t19-/m0/s1. The summed E-state index contributed by atoms with van der Waals surface area (Å²) in [5, 5.41) is 0. The van der Waals surface area contributed by atoms with Gasteiger partial charge in [0, 0.05) is 16.7 Å². The molecule has 2 heterocycles. The van der Waals surface area contributed by atoms with E-state index in [9.17, 15) is 18.0 Å². The molecule has 0 unspecified atom stereocenters. The highest BCUT2D eigenvalue weighted by Crippen LogP contribution is 2.40. The first kappa shape index (κ1) is 17.1. The van der Waals surface area contributed by atoms with Gasteiger partial charge in [0.25, 0.3) is 0 Å². The van der Waals surface area contributed by atoms with E-state index >= 15 is 0 Å². The molecule has 1 atom stereocenters. The lowest BCUT2D eigenvalue weighted by molar-refractivity contribution is -0.137. The number of carbonyl (C=O) groups excluding carboxylic acids is 1. The van der Waals surface area contributed by atoms with Gasteiger partial charge >= 0.3 is 6.18 Å². The van der Waals surface area contributed by atoms with E-state index < -0.39 is 17.8 Å². The number of halogens is 3. The summed E-state index contributed by atoms with van der Waals surface area (Å²) in [6, 6.07) is 13.7. The number of alkyl halides is 3. The number of para-hydroxylation sites is 1. The molecule has 0 radical (unpaired) electrons. The minimum absolute atomic E-state index is 0.0406. The maximum absolute atomic E-state index is 13.2. The highest BCUT2D eigenvalue weighted by Gasteiger charge is 2.32. The summed E-state index contributed by atoms with van der Waals surface area (Å²) in [5.41, 5.74) is 0.835. The minimum Gasteiger partial charge on any atom is -0.481 e. The lowest BCUT2D eigenvalue weighted by Crippen LogP contribution is -2.12. The van der Waals surface area contributed by atoms with Gasteiger partial charge in [0.2, 0.25) is 0 Å². The van der Waals surface area contributed by atoms with Gasteiger partial charge in [-0.15, -0.1) is 0 Å². The number of aldehydes is 1. The third-order valence-electron chi connectivity index (χ3n) is 4.32. The van der Waals surface area contributed by atoms with Crippen LogP contribution in [-0.4, -0.2) is 6.29 Å². The predicted molar refractivity (Wildman–Crippen MR) is 93.4 cm³/mol. The van der Waals surface area contributed by atoms with Crippen molar-refractivity contribution in [3.8, 4) is 17.1 Å². The van der Waals surface area contributed by atoms with Gasteiger partial charge in [0.1, 0.15) is 17.6 Å². The molecule has 0 aliphatic carbocycles.